The molecule has 8 heteroatoms. The van der Waals surface area contributed by atoms with E-state index in [1.165, 1.54) is 25.1 Å². The van der Waals surface area contributed by atoms with Gasteiger partial charge in [-0.25, -0.2) is 12.8 Å². The van der Waals surface area contributed by atoms with E-state index in [1.807, 2.05) is 42.3 Å². The maximum Gasteiger partial charge on any atom is 0.243 e. The van der Waals surface area contributed by atoms with Crippen molar-refractivity contribution in [2.24, 2.45) is 0 Å². The van der Waals surface area contributed by atoms with E-state index in [9.17, 15) is 17.6 Å². The third-order valence-electron chi connectivity index (χ3n) is 4.09. The number of hydrogen-bond acceptors (Lipinski definition) is 4. The predicted molar refractivity (Wildman–Crippen MR) is 106 cm³/mol. The van der Waals surface area contributed by atoms with Crippen molar-refractivity contribution in [1.29, 1.82) is 0 Å². The van der Waals surface area contributed by atoms with Crippen LogP contribution in [0.25, 0.3) is 0 Å². The van der Waals surface area contributed by atoms with Gasteiger partial charge in [0.15, 0.2) is 0 Å². The van der Waals surface area contributed by atoms with Gasteiger partial charge in [-0.05, 0) is 37.3 Å². The molecule has 1 N–H and O–H groups in total. The van der Waals surface area contributed by atoms with Crippen LogP contribution >= 0.6 is 0 Å². The molecule has 0 aliphatic carbocycles. The Balaban J connectivity index is 2.03. The first-order chi connectivity index (χ1) is 12.7. The van der Waals surface area contributed by atoms with Gasteiger partial charge in [0, 0.05) is 25.8 Å². The van der Waals surface area contributed by atoms with Crippen molar-refractivity contribution in [3.8, 4) is 0 Å². The highest BCUT2D eigenvalue weighted by atomic mass is 32.2. The maximum absolute atomic E-state index is 13.5. The number of para-hydroxylation sites is 1. The van der Waals surface area contributed by atoms with E-state index in [1.54, 1.807) is 0 Å². The van der Waals surface area contributed by atoms with Crippen LogP contribution in [0, 0.1) is 5.82 Å². The summed E-state index contributed by atoms with van der Waals surface area (Å²) in [6, 6.07) is 13.8. The largest absolute Gasteiger partial charge is 0.373 e. The van der Waals surface area contributed by atoms with E-state index in [0.717, 1.165) is 22.3 Å². The van der Waals surface area contributed by atoms with Crippen LogP contribution in [-0.4, -0.2) is 46.8 Å². The van der Waals surface area contributed by atoms with E-state index in [4.69, 9.17) is 0 Å². The summed E-state index contributed by atoms with van der Waals surface area (Å²) in [7, 11) is -1.86. The van der Waals surface area contributed by atoms with E-state index in [0.29, 0.717) is 13.1 Å². The van der Waals surface area contributed by atoms with Crippen molar-refractivity contribution in [3.05, 3.63) is 60.4 Å². The first-order valence-corrected chi connectivity index (χ1v) is 10.3. The fourth-order valence-electron chi connectivity index (χ4n) is 2.73. The van der Waals surface area contributed by atoms with Crippen molar-refractivity contribution < 1.29 is 17.6 Å². The SMILES string of the molecule is C[C@H](C(=O)NCCN(C)c1ccccc1)N(c1cccc(F)c1)S(C)(=O)=O. The predicted octanol–water partition coefficient (Wildman–Crippen LogP) is 2.23. The fraction of sp³-hybridized carbons (Fsp3) is 0.316. The summed E-state index contributed by atoms with van der Waals surface area (Å²) < 4.78 is 38.8. The van der Waals surface area contributed by atoms with Gasteiger partial charge in [0.05, 0.1) is 11.9 Å². The molecule has 0 aliphatic heterocycles. The summed E-state index contributed by atoms with van der Waals surface area (Å²) in [5.41, 5.74) is 1.12. The quantitative estimate of drug-likeness (QED) is 0.747. The van der Waals surface area contributed by atoms with Gasteiger partial charge in [0.2, 0.25) is 15.9 Å². The Hall–Kier alpha value is -2.61. The van der Waals surface area contributed by atoms with Crippen LogP contribution in [0.2, 0.25) is 0 Å². The minimum atomic E-state index is -3.77. The molecule has 27 heavy (non-hydrogen) atoms. The zero-order valence-corrected chi connectivity index (χ0v) is 16.4. The molecule has 0 saturated heterocycles. The molecule has 2 rings (SSSR count). The second-order valence-corrected chi connectivity index (χ2v) is 8.12. The number of rotatable bonds is 8. The van der Waals surface area contributed by atoms with Gasteiger partial charge in [-0.2, -0.15) is 0 Å². The molecule has 0 radical (unpaired) electrons. The third kappa shape index (κ3) is 5.68. The third-order valence-corrected chi connectivity index (χ3v) is 5.34. The summed E-state index contributed by atoms with van der Waals surface area (Å²) in [6.45, 7) is 2.37. The van der Waals surface area contributed by atoms with Crippen molar-refractivity contribution >= 4 is 27.3 Å². The summed E-state index contributed by atoms with van der Waals surface area (Å²) in [5, 5.41) is 2.74. The summed E-state index contributed by atoms with van der Waals surface area (Å²) in [5.74, 6) is -1.02. The van der Waals surface area contributed by atoms with E-state index in [-0.39, 0.29) is 5.69 Å². The number of anilines is 2. The first kappa shape index (κ1) is 20.7. The second kappa shape index (κ2) is 8.85. The number of carbonyl (C=O) groups is 1. The molecule has 0 spiro atoms. The van der Waals surface area contributed by atoms with Crippen LogP contribution < -0.4 is 14.5 Å². The Bertz CT molecular complexity index is 875. The minimum absolute atomic E-state index is 0.113. The summed E-state index contributed by atoms with van der Waals surface area (Å²) >= 11 is 0. The molecule has 0 heterocycles. The molecular formula is C19H24FN3O3S. The lowest BCUT2D eigenvalue weighted by Crippen LogP contribution is -2.49. The Kier molecular flexibility index (Phi) is 6.79. The van der Waals surface area contributed by atoms with Crippen LogP contribution in [0.4, 0.5) is 15.8 Å². The standard InChI is InChI=1S/C19H24FN3O3S/c1-15(23(27(3,25)26)18-11-7-8-16(20)14-18)19(24)21-12-13-22(2)17-9-5-4-6-10-17/h4-11,14-15H,12-13H2,1-3H3,(H,21,24)/t15-/m1/s1. The number of nitrogens with zero attached hydrogens (tertiary/aromatic N) is 2. The molecule has 146 valence electrons. The summed E-state index contributed by atoms with van der Waals surface area (Å²) in [6.07, 6.45) is 0.991. The zero-order valence-electron chi connectivity index (χ0n) is 15.6. The van der Waals surface area contributed by atoms with Crippen LogP contribution in [0.3, 0.4) is 0 Å². The fourth-order valence-corrected chi connectivity index (χ4v) is 3.89. The van der Waals surface area contributed by atoms with E-state index < -0.39 is 27.8 Å². The molecule has 1 atom stereocenters. The van der Waals surface area contributed by atoms with Crippen LogP contribution in [-0.2, 0) is 14.8 Å². The molecule has 0 aliphatic rings. The van der Waals surface area contributed by atoms with Crippen molar-refractivity contribution in [3.63, 3.8) is 0 Å². The molecule has 2 aromatic carbocycles. The maximum atomic E-state index is 13.5. The van der Waals surface area contributed by atoms with Gasteiger partial charge in [0.25, 0.3) is 0 Å². The number of amides is 1. The van der Waals surface area contributed by atoms with E-state index in [2.05, 4.69) is 5.32 Å². The van der Waals surface area contributed by atoms with Crippen LogP contribution in [0.5, 0.6) is 0 Å². The van der Waals surface area contributed by atoms with Crippen LogP contribution in [0.15, 0.2) is 54.6 Å². The number of halogens is 1. The Morgan fingerprint density at radius 1 is 1.11 bits per heavy atom. The smallest absolute Gasteiger partial charge is 0.243 e. The molecular weight excluding hydrogens is 369 g/mol. The first-order valence-electron chi connectivity index (χ1n) is 8.49. The van der Waals surface area contributed by atoms with Crippen molar-refractivity contribution in [1.82, 2.24) is 5.32 Å². The van der Waals surface area contributed by atoms with Crippen molar-refractivity contribution in [2.45, 2.75) is 13.0 Å². The number of hydrogen-bond donors (Lipinski definition) is 1. The molecule has 6 nitrogen and oxygen atoms in total. The molecule has 1 amide bonds. The van der Waals surface area contributed by atoms with Crippen LogP contribution in [0.1, 0.15) is 6.92 Å². The number of carbonyl (C=O) groups excluding carboxylic acids is 1. The normalized spacial score (nSPS) is 12.3. The lowest BCUT2D eigenvalue weighted by atomic mass is 10.2. The van der Waals surface area contributed by atoms with Gasteiger partial charge in [0.1, 0.15) is 11.9 Å². The molecule has 0 bridgehead atoms. The monoisotopic (exact) mass is 393 g/mol. The molecule has 0 saturated carbocycles. The highest BCUT2D eigenvalue weighted by molar-refractivity contribution is 7.92. The highest BCUT2D eigenvalue weighted by Gasteiger charge is 2.29. The number of benzene rings is 2. The Labute approximate surface area is 159 Å². The van der Waals surface area contributed by atoms with Gasteiger partial charge < -0.3 is 10.2 Å². The molecule has 0 unspecified atom stereocenters. The Morgan fingerprint density at radius 2 is 1.74 bits per heavy atom. The molecule has 0 aromatic heterocycles. The molecule has 0 fully saturated rings. The second-order valence-electron chi connectivity index (χ2n) is 6.26. The summed E-state index contributed by atoms with van der Waals surface area (Å²) in [4.78, 5) is 14.5. The Morgan fingerprint density at radius 3 is 2.33 bits per heavy atom. The average Bonchev–Trinajstić information content (AvgIpc) is 2.61. The average molecular weight is 393 g/mol. The van der Waals surface area contributed by atoms with Gasteiger partial charge in [-0.15, -0.1) is 0 Å². The topological polar surface area (TPSA) is 69.7 Å². The lowest BCUT2D eigenvalue weighted by Gasteiger charge is -2.28. The zero-order chi connectivity index (χ0) is 20.0. The number of nitrogens with one attached hydrogen (secondary N) is 1. The van der Waals surface area contributed by atoms with E-state index >= 15 is 0 Å². The number of likely N-dealkylation sites (N-methyl/N-ethyl adjacent to an activating group) is 1. The van der Waals surface area contributed by atoms with Gasteiger partial charge >= 0.3 is 0 Å². The van der Waals surface area contributed by atoms with Crippen molar-refractivity contribution in [2.75, 3.05) is 35.6 Å². The number of sulfonamides is 1. The highest BCUT2D eigenvalue weighted by Crippen LogP contribution is 2.21. The molecule has 2 aromatic rings. The lowest BCUT2D eigenvalue weighted by molar-refractivity contribution is -0.121. The van der Waals surface area contributed by atoms with Gasteiger partial charge in [-0.3, -0.25) is 9.10 Å². The van der Waals surface area contributed by atoms with Gasteiger partial charge in [-0.1, -0.05) is 24.3 Å². The minimum Gasteiger partial charge on any atom is -0.373 e.